The topological polar surface area (TPSA) is 0 Å². The van der Waals surface area contributed by atoms with Crippen molar-refractivity contribution >= 4 is 20.5 Å². The Morgan fingerprint density at radius 3 is 1.57 bits per heavy atom. The maximum Gasteiger partial charge on any atom is 0.0270 e. The summed E-state index contributed by atoms with van der Waals surface area (Å²) in [6.45, 7) is 0. The zero-order chi connectivity index (χ0) is 5.07. The van der Waals surface area contributed by atoms with Gasteiger partial charge in [0.1, 0.15) is 0 Å². The van der Waals surface area contributed by atoms with E-state index in [0.717, 1.165) is 11.8 Å². The van der Waals surface area contributed by atoms with E-state index in [1.165, 1.54) is 12.8 Å². The molecule has 0 heterocycles. The van der Waals surface area contributed by atoms with E-state index in [1.54, 1.807) is 0 Å². The Bertz CT molecular complexity index is 96.6. The Morgan fingerprint density at radius 2 is 1.57 bits per heavy atom. The van der Waals surface area contributed by atoms with Gasteiger partial charge in [-0.1, -0.05) is 0 Å². The second kappa shape index (κ2) is 0.912. The summed E-state index contributed by atoms with van der Waals surface area (Å²) in [5, 5.41) is 0. The van der Waals surface area contributed by atoms with Crippen molar-refractivity contribution in [2.75, 3.05) is 0 Å². The molecule has 2 fully saturated rings. The van der Waals surface area contributed by atoms with Gasteiger partial charge in [-0.15, -0.1) is 0 Å². The van der Waals surface area contributed by atoms with Gasteiger partial charge in [0.15, 0.2) is 0 Å². The minimum absolute atomic E-state index is 0.389. The molecule has 0 nitrogen and oxygen atoms in total. The summed E-state index contributed by atoms with van der Waals surface area (Å²) in [6.07, 6.45) is 2.86. The van der Waals surface area contributed by atoms with Crippen LogP contribution in [-0.2, 0) is 0 Å². The molecule has 0 saturated heterocycles. The summed E-state index contributed by atoms with van der Waals surface area (Å²) in [4.78, 5) is 0. The van der Waals surface area contributed by atoms with E-state index in [4.69, 9.17) is 0 Å². The first-order valence-corrected chi connectivity index (χ1v) is 3.73. The standard InChI is InChI=1S/C5H6Si2/c6-5(7)3-1-2-4(3)5/h3-4H,1-2H2. The van der Waals surface area contributed by atoms with Crippen LogP contribution in [0.25, 0.3) is 0 Å². The molecule has 2 aliphatic rings. The largest absolute Gasteiger partial charge is 0.0500 e. The van der Waals surface area contributed by atoms with Crippen LogP contribution in [0.3, 0.4) is 0 Å². The van der Waals surface area contributed by atoms with Gasteiger partial charge in [0.05, 0.1) is 0 Å². The first kappa shape index (κ1) is 4.33. The molecule has 2 heteroatoms. The lowest BCUT2D eigenvalue weighted by Crippen LogP contribution is -1.93. The summed E-state index contributed by atoms with van der Waals surface area (Å²) in [5.41, 5.74) is 0. The van der Waals surface area contributed by atoms with E-state index in [2.05, 4.69) is 20.5 Å². The molecule has 2 aliphatic carbocycles. The molecule has 0 aromatic heterocycles. The molecule has 6 radical (unpaired) electrons. The van der Waals surface area contributed by atoms with E-state index in [1.807, 2.05) is 0 Å². The van der Waals surface area contributed by atoms with Crippen LogP contribution in [0.15, 0.2) is 0 Å². The Hall–Kier alpha value is 0.434. The lowest BCUT2D eigenvalue weighted by molar-refractivity contribution is 0.468. The Kier molecular flexibility index (Phi) is 0.564. The minimum Gasteiger partial charge on any atom is -0.0500 e. The smallest absolute Gasteiger partial charge is 0.0270 e. The van der Waals surface area contributed by atoms with Crippen molar-refractivity contribution in [1.29, 1.82) is 0 Å². The van der Waals surface area contributed by atoms with E-state index < -0.39 is 0 Å². The molecule has 0 aromatic rings. The van der Waals surface area contributed by atoms with E-state index in [-0.39, 0.29) is 0 Å². The lowest BCUT2D eigenvalue weighted by Gasteiger charge is -2.04. The van der Waals surface area contributed by atoms with Gasteiger partial charge in [0.25, 0.3) is 0 Å². The molecule has 0 bridgehead atoms. The van der Waals surface area contributed by atoms with Crippen LogP contribution in [0.2, 0.25) is 4.66 Å². The van der Waals surface area contributed by atoms with Crippen LogP contribution in [-0.4, -0.2) is 20.5 Å². The van der Waals surface area contributed by atoms with E-state index in [9.17, 15) is 0 Å². The van der Waals surface area contributed by atoms with Crippen LogP contribution >= 0.6 is 0 Å². The minimum atomic E-state index is 0.389. The third kappa shape index (κ3) is 0.335. The van der Waals surface area contributed by atoms with E-state index >= 15 is 0 Å². The molecular formula is C5H6Si2. The zero-order valence-corrected chi connectivity index (χ0v) is 6.07. The predicted octanol–water partition coefficient (Wildman–Crippen LogP) is 0.479. The Labute approximate surface area is 50.5 Å². The van der Waals surface area contributed by atoms with E-state index in [0.29, 0.717) is 4.66 Å². The number of hydrogen-bond acceptors (Lipinski definition) is 0. The summed E-state index contributed by atoms with van der Waals surface area (Å²) < 4.78 is 0.389. The average Bonchev–Trinajstić information content (AvgIpc) is 1.52. The zero-order valence-electron chi connectivity index (χ0n) is 4.07. The van der Waals surface area contributed by atoms with Crippen LogP contribution in [0.4, 0.5) is 0 Å². The highest BCUT2D eigenvalue weighted by Gasteiger charge is 2.62. The molecule has 0 spiro atoms. The molecule has 2 rings (SSSR count). The molecular weight excluding hydrogens is 116 g/mol. The third-order valence-electron chi connectivity index (χ3n) is 2.33. The monoisotopic (exact) mass is 122 g/mol. The van der Waals surface area contributed by atoms with Crippen LogP contribution < -0.4 is 0 Å². The van der Waals surface area contributed by atoms with Crippen molar-refractivity contribution in [2.45, 2.75) is 17.5 Å². The first-order valence-electron chi connectivity index (χ1n) is 2.73. The molecule has 0 aromatic carbocycles. The number of rotatable bonds is 0. The van der Waals surface area contributed by atoms with Gasteiger partial charge in [0.2, 0.25) is 0 Å². The van der Waals surface area contributed by atoms with Crippen molar-refractivity contribution in [3.05, 3.63) is 0 Å². The van der Waals surface area contributed by atoms with Gasteiger partial charge in [0, 0.05) is 20.5 Å². The lowest BCUT2D eigenvalue weighted by atomic mass is 10.0. The molecule has 0 N–H and O–H groups in total. The summed E-state index contributed by atoms with van der Waals surface area (Å²) in [7, 11) is 7.28. The Balaban J connectivity index is 2.18. The summed E-state index contributed by atoms with van der Waals surface area (Å²) in [6, 6.07) is 0. The van der Waals surface area contributed by atoms with Crippen molar-refractivity contribution in [3.63, 3.8) is 0 Å². The van der Waals surface area contributed by atoms with Crippen molar-refractivity contribution in [3.8, 4) is 0 Å². The molecule has 7 heavy (non-hydrogen) atoms. The fraction of sp³-hybridized carbons (Fsp3) is 1.00. The van der Waals surface area contributed by atoms with Crippen molar-refractivity contribution < 1.29 is 0 Å². The third-order valence-corrected chi connectivity index (χ3v) is 3.82. The highest BCUT2D eigenvalue weighted by atomic mass is 28.2. The first-order chi connectivity index (χ1) is 3.23. The molecule has 2 atom stereocenters. The number of fused-ring (bicyclic) bond motifs is 1. The molecule has 0 aliphatic heterocycles. The quantitative estimate of drug-likeness (QED) is 0.410. The summed E-state index contributed by atoms with van der Waals surface area (Å²) in [5.74, 6) is 1.95. The maximum absolute atomic E-state index is 3.64. The second-order valence-corrected chi connectivity index (χ2v) is 4.81. The number of hydrogen-bond donors (Lipinski definition) is 0. The highest BCUT2D eigenvalue weighted by molar-refractivity contribution is 6.43. The van der Waals surface area contributed by atoms with Gasteiger partial charge in [-0.05, 0) is 29.3 Å². The van der Waals surface area contributed by atoms with Gasteiger partial charge in [-0.25, -0.2) is 0 Å². The fourth-order valence-corrected chi connectivity index (χ4v) is 2.71. The predicted molar refractivity (Wildman–Crippen MR) is 30.4 cm³/mol. The van der Waals surface area contributed by atoms with Crippen LogP contribution in [0.1, 0.15) is 12.8 Å². The molecule has 34 valence electrons. The van der Waals surface area contributed by atoms with Gasteiger partial charge in [-0.3, -0.25) is 0 Å². The van der Waals surface area contributed by atoms with Crippen LogP contribution in [0, 0.1) is 11.8 Å². The summed E-state index contributed by atoms with van der Waals surface area (Å²) >= 11 is 0. The van der Waals surface area contributed by atoms with Crippen molar-refractivity contribution in [1.82, 2.24) is 0 Å². The van der Waals surface area contributed by atoms with Crippen LogP contribution in [0.5, 0.6) is 0 Å². The Morgan fingerprint density at radius 1 is 1.14 bits per heavy atom. The second-order valence-electron chi connectivity index (χ2n) is 2.66. The molecule has 2 saturated carbocycles. The fourth-order valence-electron chi connectivity index (χ4n) is 1.49. The van der Waals surface area contributed by atoms with Gasteiger partial charge < -0.3 is 0 Å². The normalized spacial score (nSPS) is 52.3. The van der Waals surface area contributed by atoms with Crippen molar-refractivity contribution in [2.24, 2.45) is 11.8 Å². The average molecular weight is 122 g/mol. The van der Waals surface area contributed by atoms with Gasteiger partial charge >= 0.3 is 0 Å². The maximum atomic E-state index is 3.64. The SMILES string of the molecule is [Si]C1([Si])C2CCC21. The highest BCUT2D eigenvalue weighted by Crippen LogP contribution is 2.72. The molecule has 0 amide bonds. The molecule has 2 unspecified atom stereocenters. The van der Waals surface area contributed by atoms with Gasteiger partial charge in [-0.2, -0.15) is 0 Å².